The summed E-state index contributed by atoms with van der Waals surface area (Å²) < 4.78 is 5.15. The van der Waals surface area contributed by atoms with Crippen molar-refractivity contribution in [2.75, 3.05) is 19.6 Å². The Hall–Kier alpha value is -1.65. The minimum absolute atomic E-state index is 0.0117. The van der Waals surface area contributed by atoms with Gasteiger partial charge in [0.05, 0.1) is 11.8 Å². The Morgan fingerprint density at radius 1 is 1.30 bits per heavy atom. The van der Waals surface area contributed by atoms with Crippen LogP contribution < -0.4 is 16.1 Å². The quantitative estimate of drug-likeness (QED) is 0.890. The van der Waals surface area contributed by atoms with Gasteiger partial charge >= 0.3 is 0 Å². The van der Waals surface area contributed by atoms with Gasteiger partial charge in [-0.05, 0) is 29.7 Å². The minimum Gasteiger partial charge on any atom is -0.472 e. The monoisotopic (exact) mass is 271 g/mol. The van der Waals surface area contributed by atoms with Crippen molar-refractivity contribution in [1.82, 2.24) is 10.6 Å². The highest BCUT2D eigenvalue weighted by Crippen LogP contribution is 2.32. The van der Waals surface area contributed by atoms with Crippen LogP contribution >= 0.6 is 0 Å². The molecule has 0 amide bonds. The standard InChI is InChI=1S/C16H19N2O2/c1-2-11(15-9-17-6-7-18-15)12-3-4-16(19)14-10-20-8-5-13(12)14/h2-5,8,10-11,15,17-18H,6-7,9H2,1H3. The Bertz CT molecular complexity index is 602. The van der Waals surface area contributed by atoms with Gasteiger partial charge in [0.2, 0.25) is 0 Å². The van der Waals surface area contributed by atoms with Crippen molar-refractivity contribution in [1.29, 1.82) is 0 Å². The fraction of sp³-hybridized carbons (Fsp3) is 0.375. The number of piperazine rings is 1. The summed E-state index contributed by atoms with van der Waals surface area (Å²) in [6.07, 6.45) is 5.37. The number of fused-ring (bicyclic) bond motifs is 1. The molecular weight excluding hydrogens is 252 g/mol. The average Bonchev–Trinajstić information content (AvgIpc) is 2.52. The SMILES string of the molecule is C[CH]C(c1ccc(=O)c2coccc1-2)C1CNCCN1. The lowest BCUT2D eigenvalue weighted by Crippen LogP contribution is -2.51. The van der Waals surface area contributed by atoms with Gasteiger partial charge in [-0.15, -0.1) is 0 Å². The van der Waals surface area contributed by atoms with Crippen LogP contribution in [-0.4, -0.2) is 25.7 Å². The van der Waals surface area contributed by atoms with E-state index in [-0.39, 0.29) is 11.3 Å². The van der Waals surface area contributed by atoms with Crippen LogP contribution in [0.4, 0.5) is 0 Å². The van der Waals surface area contributed by atoms with Crippen LogP contribution in [0.3, 0.4) is 0 Å². The van der Waals surface area contributed by atoms with E-state index in [1.54, 1.807) is 18.6 Å². The summed E-state index contributed by atoms with van der Waals surface area (Å²) in [6.45, 7) is 4.99. The van der Waals surface area contributed by atoms with Crippen LogP contribution in [-0.2, 0) is 0 Å². The summed E-state index contributed by atoms with van der Waals surface area (Å²) in [4.78, 5) is 11.9. The van der Waals surface area contributed by atoms with Crippen molar-refractivity contribution in [3.8, 4) is 11.1 Å². The molecule has 1 radical (unpaired) electrons. The normalized spacial score (nSPS) is 20.9. The lowest BCUT2D eigenvalue weighted by Gasteiger charge is -2.32. The Labute approximate surface area is 118 Å². The Morgan fingerprint density at radius 3 is 2.95 bits per heavy atom. The molecule has 2 N–H and O–H groups in total. The molecule has 1 aliphatic carbocycles. The minimum atomic E-state index is 0.0117. The predicted octanol–water partition coefficient (Wildman–Crippen LogP) is 1.61. The van der Waals surface area contributed by atoms with E-state index in [9.17, 15) is 4.79 Å². The van der Waals surface area contributed by atoms with E-state index in [0.29, 0.717) is 11.6 Å². The van der Waals surface area contributed by atoms with E-state index in [4.69, 9.17) is 4.42 Å². The Balaban J connectivity index is 2.04. The molecule has 2 aliphatic heterocycles. The van der Waals surface area contributed by atoms with Crippen molar-refractivity contribution in [3.63, 3.8) is 0 Å². The molecule has 0 saturated carbocycles. The van der Waals surface area contributed by atoms with E-state index < -0.39 is 0 Å². The van der Waals surface area contributed by atoms with Crippen molar-refractivity contribution < 1.29 is 4.42 Å². The Kier molecular flexibility index (Phi) is 3.85. The van der Waals surface area contributed by atoms with Crippen LogP contribution in [0, 0.1) is 6.42 Å². The molecule has 4 nitrogen and oxygen atoms in total. The summed E-state index contributed by atoms with van der Waals surface area (Å²) >= 11 is 0. The van der Waals surface area contributed by atoms with Gasteiger partial charge in [0.15, 0.2) is 5.43 Å². The number of hydrogen-bond acceptors (Lipinski definition) is 4. The smallest absolute Gasteiger partial charge is 0.189 e. The molecule has 105 valence electrons. The topological polar surface area (TPSA) is 54.3 Å². The zero-order valence-electron chi connectivity index (χ0n) is 11.6. The highest BCUT2D eigenvalue weighted by Gasteiger charge is 2.26. The zero-order chi connectivity index (χ0) is 13.9. The maximum Gasteiger partial charge on any atom is 0.189 e. The molecule has 0 aromatic rings. The summed E-state index contributed by atoms with van der Waals surface area (Å²) in [5.41, 5.74) is 2.83. The van der Waals surface area contributed by atoms with Gasteiger partial charge in [0.25, 0.3) is 0 Å². The largest absolute Gasteiger partial charge is 0.472 e. The second-order valence-electron chi connectivity index (χ2n) is 5.16. The van der Waals surface area contributed by atoms with Gasteiger partial charge in [0, 0.05) is 31.6 Å². The molecule has 2 unspecified atom stereocenters. The second kappa shape index (κ2) is 5.77. The predicted molar refractivity (Wildman–Crippen MR) is 79.0 cm³/mol. The highest BCUT2D eigenvalue weighted by atomic mass is 16.3. The van der Waals surface area contributed by atoms with Crippen LogP contribution in [0.2, 0.25) is 0 Å². The third-order valence-electron chi connectivity index (χ3n) is 4.00. The second-order valence-corrected chi connectivity index (χ2v) is 5.16. The molecule has 0 aromatic heterocycles. The average molecular weight is 271 g/mol. The van der Waals surface area contributed by atoms with Crippen molar-refractivity contribution in [3.05, 3.63) is 52.9 Å². The first-order chi connectivity index (χ1) is 9.81. The molecule has 0 spiro atoms. The summed E-state index contributed by atoms with van der Waals surface area (Å²) in [5, 5.41) is 6.97. The lowest BCUT2D eigenvalue weighted by molar-refractivity contribution is 0.385. The summed E-state index contributed by atoms with van der Waals surface area (Å²) in [6, 6.07) is 5.83. The molecule has 1 fully saturated rings. The zero-order valence-corrected chi connectivity index (χ0v) is 11.6. The summed E-state index contributed by atoms with van der Waals surface area (Å²) in [7, 11) is 0. The first-order valence-corrected chi connectivity index (χ1v) is 7.04. The first-order valence-electron chi connectivity index (χ1n) is 7.04. The first kappa shape index (κ1) is 13.3. The maximum atomic E-state index is 11.9. The number of rotatable bonds is 3. The third-order valence-corrected chi connectivity index (χ3v) is 4.00. The molecule has 0 aromatic carbocycles. The summed E-state index contributed by atoms with van der Waals surface area (Å²) in [5.74, 6) is 0.272. The molecule has 2 heterocycles. The maximum absolute atomic E-state index is 11.9. The van der Waals surface area contributed by atoms with Crippen LogP contribution in [0.1, 0.15) is 18.4 Å². The molecule has 0 bridgehead atoms. The van der Waals surface area contributed by atoms with Crippen molar-refractivity contribution >= 4 is 0 Å². The third kappa shape index (κ3) is 2.37. The molecule has 1 saturated heterocycles. The van der Waals surface area contributed by atoms with E-state index >= 15 is 0 Å². The Morgan fingerprint density at radius 2 is 2.20 bits per heavy atom. The fourth-order valence-electron chi connectivity index (χ4n) is 3.00. The van der Waals surface area contributed by atoms with E-state index in [1.807, 2.05) is 12.1 Å². The van der Waals surface area contributed by atoms with Gasteiger partial charge in [-0.3, -0.25) is 4.79 Å². The number of hydrogen-bond donors (Lipinski definition) is 2. The van der Waals surface area contributed by atoms with Crippen molar-refractivity contribution in [2.45, 2.75) is 18.9 Å². The number of benzene rings is 1. The van der Waals surface area contributed by atoms with Crippen LogP contribution in [0.25, 0.3) is 11.1 Å². The van der Waals surface area contributed by atoms with Crippen LogP contribution in [0.15, 0.2) is 39.9 Å². The van der Waals surface area contributed by atoms with E-state index in [1.165, 1.54) is 5.56 Å². The lowest BCUT2D eigenvalue weighted by atomic mass is 9.83. The molecule has 20 heavy (non-hydrogen) atoms. The van der Waals surface area contributed by atoms with Gasteiger partial charge in [-0.2, -0.15) is 0 Å². The molecule has 2 atom stereocenters. The number of nitrogens with one attached hydrogen (secondary N) is 2. The van der Waals surface area contributed by atoms with Gasteiger partial charge in [-0.1, -0.05) is 13.0 Å². The van der Waals surface area contributed by atoms with E-state index in [2.05, 4.69) is 24.0 Å². The van der Waals surface area contributed by atoms with Gasteiger partial charge < -0.3 is 15.1 Å². The van der Waals surface area contributed by atoms with Crippen molar-refractivity contribution in [2.24, 2.45) is 0 Å². The van der Waals surface area contributed by atoms with E-state index in [0.717, 1.165) is 25.2 Å². The van der Waals surface area contributed by atoms with Gasteiger partial charge in [-0.25, -0.2) is 0 Å². The highest BCUT2D eigenvalue weighted by molar-refractivity contribution is 5.68. The van der Waals surface area contributed by atoms with Gasteiger partial charge in [0.1, 0.15) is 6.26 Å². The molecular formula is C16H19N2O2. The van der Waals surface area contributed by atoms with Crippen LogP contribution in [0.5, 0.6) is 0 Å². The molecule has 4 heteroatoms. The molecule has 3 rings (SSSR count). The molecule has 3 aliphatic rings. The fourth-order valence-corrected chi connectivity index (χ4v) is 3.00.